The number of alkyl halides is 1. The molecule has 0 spiro atoms. The van der Waals surface area contributed by atoms with Crippen molar-refractivity contribution in [2.45, 2.75) is 18.9 Å². The van der Waals surface area contributed by atoms with Crippen molar-refractivity contribution >= 4 is 17.5 Å². The largest absolute Gasteiger partial charge is 0.381 e. The molecule has 4 heteroatoms. The van der Waals surface area contributed by atoms with E-state index in [0.29, 0.717) is 29.7 Å². The predicted octanol–water partition coefficient (Wildman–Crippen LogP) is 1.11. The highest BCUT2D eigenvalue weighted by atomic mass is 35.5. The predicted molar refractivity (Wildman–Crippen MR) is 56.7 cm³/mol. The van der Waals surface area contributed by atoms with E-state index in [0.717, 1.165) is 32.6 Å². The van der Waals surface area contributed by atoms with Crippen LogP contribution in [0.5, 0.6) is 0 Å². The molecule has 15 heavy (non-hydrogen) atoms. The number of amides is 1. The van der Waals surface area contributed by atoms with E-state index in [1.165, 1.54) is 0 Å². The summed E-state index contributed by atoms with van der Waals surface area (Å²) in [6.45, 7) is 2.49. The van der Waals surface area contributed by atoms with Gasteiger partial charge in [-0.1, -0.05) is 0 Å². The maximum Gasteiger partial charge on any atom is 0.226 e. The van der Waals surface area contributed by atoms with E-state index >= 15 is 0 Å². The van der Waals surface area contributed by atoms with Crippen LogP contribution in [0.15, 0.2) is 0 Å². The van der Waals surface area contributed by atoms with Gasteiger partial charge in [0.15, 0.2) is 0 Å². The van der Waals surface area contributed by atoms with Crippen LogP contribution in [-0.4, -0.2) is 42.5 Å². The first-order chi connectivity index (χ1) is 7.33. The monoisotopic (exact) mass is 229 g/mol. The second-order valence-electron chi connectivity index (χ2n) is 4.87. The van der Waals surface area contributed by atoms with Crippen molar-refractivity contribution in [1.82, 2.24) is 4.90 Å². The minimum atomic E-state index is 0.266. The maximum atomic E-state index is 12.2. The molecule has 3 fully saturated rings. The second-order valence-corrected chi connectivity index (χ2v) is 5.18. The standard InChI is InChI=1S/C11H16ClNO2/c12-4-7-2-1-3-13(7)11(14)10-8-5-15-6-9(8)10/h7-10H,1-6H2/t7-,8?,9?,10?/m0/s1. The second kappa shape index (κ2) is 3.63. The molecule has 2 saturated heterocycles. The Morgan fingerprint density at radius 3 is 2.80 bits per heavy atom. The van der Waals surface area contributed by atoms with Gasteiger partial charge in [0.2, 0.25) is 5.91 Å². The molecule has 3 nitrogen and oxygen atoms in total. The fourth-order valence-electron chi connectivity index (χ4n) is 3.08. The summed E-state index contributed by atoms with van der Waals surface area (Å²) in [6.07, 6.45) is 2.19. The average molecular weight is 230 g/mol. The molecule has 0 bridgehead atoms. The van der Waals surface area contributed by atoms with Gasteiger partial charge >= 0.3 is 0 Å². The molecule has 2 heterocycles. The Labute approximate surface area is 94.7 Å². The smallest absolute Gasteiger partial charge is 0.226 e. The van der Waals surface area contributed by atoms with Crippen LogP contribution >= 0.6 is 11.6 Å². The number of rotatable bonds is 2. The summed E-state index contributed by atoms with van der Waals surface area (Å²) < 4.78 is 5.31. The van der Waals surface area contributed by atoms with Crippen molar-refractivity contribution in [2.24, 2.45) is 17.8 Å². The van der Waals surface area contributed by atoms with Gasteiger partial charge in [-0.25, -0.2) is 0 Å². The van der Waals surface area contributed by atoms with Gasteiger partial charge < -0.3 is 9.64 Å². The fourth-order valence-corrected chi connectivity index (χ4v) is 3.40. The zero-order valence-corrected chi connectivity index (χ0v) is 9.45. The van der Waals surface area contributed by atoms with Crippen LogP contribution in [0.25, 0.3) is 0 Å². The molecular weight excluding hydrogens is 214 g/mol. The van der Waals surface area contributed by atoms with Gasteiger partial charge in [0.05, 0.1) is 13.2 Å². The first kappa shape index (κ1) is 9.91. The van der Waals surface area contributed by atoms with Crippen LogP contribution in [0.4, 0.5) is 0 Å². The molecule has 0 aromatic carbocycles. The summed E-state index contributed by atoms with van der Waals surface area (Å²) in [5, 5.41) is 0. The summed E-state index contributed by atoms with van der Waals surface area (Å²) in [5.74, 6) is 2.24. The first-order valence-corrected chi connectivity index (χ1v) is 6.30. The Kier molecular flexibility index (Phi) is 2.40. The zero-order chi connectivity index (χ0) is 10.4. The molecule has 3 atom stereocenters. The van der Waals surface area contributed by atoms with E-state index in [2.05, 4.69) is 0 Å². The van der Waals surface area contributed by atoms with E-state index in [-0.39, 0.29) is 5.92 Å². The Morgan fingerprint density at radius 2 is 2.13 bits per heavy atom. The van der Waals surface area contributed by atoms with Crippen molar-refractivity contribution in [3.05, 3.63) is 0 Å². The molecule has 0 N–H and O–H groups in total. The Bertz CT molecular complexity index is 274. The van der Waals surface area contributed by atoms with Crippen molar-refractivity contribution in [3.63, 3.8) is 0 Å². The van der Waals surface area contributed by atoms with Crippen molar-refractivity contribution < 1.29 is 9.53 Å². The van der Waals surface area contributed by atoms with Crippen LogP contribution in [0.3, 0.4) is 0 Å². The third kappa shape index (κ3) is 1.48. The average Bonchev–Trinajstić information content (AvgIpc) is 2.72. The van der Waals surface area contributed by atoms with Gasteiger partial charge in [0, 0.05) is 24.4 Å². The molecule has 0 radical (unpaired) electrons. The highest BCUT2D eigenvalue weighted by Gasteiger charge is 2.59. The fraction of sp³-hybridized carbons (Fsp3) is 0.909. The summed E-state index contributed by atoms with van der Waals surface area (Å²) in [7, 11) is 0. The lowest BCUT2D eigenvalue weighted by molar-refractivity contribution is -0.134. The number of hydrogen-bond donors (Lipinski definition) is 0. The number of fused-ring (bicyclic) bond motifs is 1. The van der Waals surface area contributed by atoms with Gasteiger partial charge in [-0.15, -0.1) is 11.6 Å². The first-order valence-electron chi connectivity index (χ1n) is 5.77. The van der Waals surface area contributed by atoms with Gasteiger partial charge in [-0.3, -0.25) is 4.79 Å². The maximum absolute atomic E-state index is 12.2. The number of carbonyl (C=O) groups is 1. The Morgan fingerprint density at radius 1 is 1.40 bits per heavy atom. The number of hydrogen-bond acceptors (Lipinski definition) is 2. The lowest BCUT2D eigenvalue weighted by Gasteiger charge is -2.23. The molecule has 1 amide bonds. The number of halogens is 1. The lowest BCUT2D eigenvalue weighted by atomic mass is 10.2. The third-order valence-corrected chi connectivity index (χ3v) is 4.43. The summed E-state index contributed by atoms with van der Waals surface area (Å²) >= 11 is 5.87. The topological polar surface area (TPSA) is 29.5 Å². The van der Waals surface area contributed by atoms with Crippen molar-refractivity contribution in [1.29, 1.82) is 0 Å². The van der Waals surface area contributed by atoms with E-state index in [4.69, 9.17) is 16.3 Å². The van der Waals surface area contributed by atoms with Crippen LogP contribution in [0.1, 0.15) is 12.8 Å². The summed E-state index contributed by atoms with van der Waals surface area (Å²) in [5.41, 5.74) is 0. The SMILES string of the molecule is O=C(C1C2COCC21)N1CCC[C@H]1CCl. The molecule has 0 aromatic heterocycles. The van der Waals surface area contributed by atoms with Crippen LogP contribution in [0, 0.1) is 17.8 Å². The van der Waals surface area contributed by atoms with E-state index in [1.54, 1.807) is 0 Å². The molecule has 2 aliphatic heterocycles. The summed E-state index contributed by atoms with van der Waals surface area (Å²) in [6, 6.07) is 0.293. The van der Waals surface area contributed by atoms with Crippen molar-refractivity contribution in [3.8, 4) is 0 Å². The van der Waals surface area contributed by atoms with Gasteiger partial charge in [0.1, 0.15) is 0 Å². The lowest BCUT2D eigenvalue weighted by Crippen LogP contribution is -2.38. The zero-order valence-electron chi connectivity index (χ0n) is 8.69. The quantitative estimate of drug-likeness (QED) is 0.664. The molecule has 1 saturated carbocycles. The molecule has 84 valence electrons. The molecule has 3 aliphatic rings. The van der Waals surface area contributed by atoms with Crippen LogP contribution < -0.4 is 0 Å². The minimum Gasteiger partial charge on any atom is -0.381 e. The van der Waals surface area contributed by atoms with E-state index in [1.807, 2.05) is 4.90 Å². The minimum absolute atomic E-state index is 0.266. The number of likely N-dealkylation sites (tertiary alicyclic amines) is 1. The van der Waals surface area contributed by atoms with Crippen LogP contribution in [0.2, 0.25) is 0 Å². The molecule has 0 aromatic rings. The molecule has 3 rings (SSSR count). The number of carbonyl (C=O) groups excluding carboxylic acids is 1. The molecular formula is C11H16ClNO2. The molecule has 1 aliphatic carbocycles. The Balaban J connectivity index is 1.65. The number of ether oxygens (including phenoxy) is 1. The van der Waals surface area contributed by atoms with E-state index < -0.39 is 0 Å². The van der Waals surface area contributed by atoms with E-state index in [9.17, 15) is 4.79 Å². The third-order valence-electron chi connectivity index (χ3n) is 4.08. The van der Waals surface area contributed by atoms with Crippen LogP contribution in [-0.2, 0) is 9.53 Å². The van der Waals surface area contributed by atoms with Gasteiger partial charge in [0.25, 0.3) is 0 Å². The number of nitrogens with zero attached hydrogens (tertiary/aromatic N) is 1. The Hall–Kier alpha value is -0.280. The van der Waals surface area contributed by atoms with Crippen molar-refractivity contribution in [2.75, 3.05) is 25.6 Å². The highest BCUT2D eigenvalue weighted by Crippen LogP contribution is 2.52. The van der Waals surface area contributed by atoms with Gasteiger partial charge in [-0.05, 0) is 24.7 Å². The molecule has 2 unspecified atom stereocenters. The normalized spacial score (nSPS) is 43.1. The highest BCUT2D eigenvalue weighted by molar-refractivity contribution is 6.18. The summed E-state index contributed by atoms with van der Waals surface area (Å²) in [4.78, 5) is 14.2. The van der Waals surface area contributed by atoms with Gasteiger partial charge in [-0.2, -0.15) is 0 Å².